The van der Waals surface area contributed by atoms with Gasteiger partial charge in [0, 0.05) is 18.4 Å². The van der Waals surface area contributed by atoms with Crippen molar-refractivity contribution in [2.24, 2.45) is 11.7 Å². The summed E-state index contributed by atoms with van der Waals surface area (Å²) < 4.78 is 0. The van der Waals surface area contributed by atoms with E-state index in [0.717, 1.165) is 0 Å². The van der Waals surface area contributed by atoms with Gasteiger partial charge in [-0.15, -0.1) is 0 Å². The van der Waals surface area contributed by atoms with Gasteiger partial charge in [-0.2, -0.15) is 0 Å². The third kappa shape index (κ3) is 7.55. The summed E-state index contributed by atoms with van der Waals surface area (Å²) in [4.78, 5) is 37.4. The zero-order chi connectivity index (χ0) is 24.7. The third-order valence-electron chi connectivity index (χ3n) is 5.57. The molecule has 0 fully saturated rings. The molecule has 0 saturated carbocycles. The summed E-state index contributed by atoms with van der Waals surface area (Å²) in [5.41, 5.74) is 6.25. The standard InChI is InChI=1S/C23H34N4O6/c1-12(2)8-18(25-3)23(33)26-16-10-14(11-19(29)20(16)30)22(32)27-17(21(24)31)9-13-4-6-15(28)7-5-13/h4-7,10,12,16-20,25,28-30H,8-9,11H2,1-3H3,(H2,24,31)(H,26,33)(H,27,32). The highest BCUT2D eigenvalue weighted by molar-refractivity contribution is 5.97. The number of aromatic hydroxyl groups is 1. The Morgan fingerprint density at radius 3 is 2.30 bits per heavy atom. The maximum absolute atomic E-state index is 12.8. The molecule has 10 nitrogen and oxygen atoms in total. The van der Waals surface area contributed by atoms with Crippen LogP contribution in [0.1, 0.15) is 32.3 Å². The van der Waals surface area contributed by atoms with Crippen molar-refractivity contribution in [1.29, 1.82) is 0 Å². The van der Waals surface area contributed by atoms with Gasteiger partial charge in [0.05, 0.1) is 18.2 Å². The maximum atomic E-state index is 12.8. The number of likely N-dealkylation sites (N-methyl/N-ethyl adjacent to an activating group) is 1. The van der Waals surface area contributed by atoms with Gasteiger partial charge in [-0.3, -0.25) is 14.4 Å². The van der Waals surface area contributed by atoms with Crippen LogP contribution in [0.25, 0.3) is 0 Å². The quantitative estimate of drug-likeness (QED) is 0.235. The number of primary amides is 1. The van der Waals surface area contributed by atoms with Crippen molar-refractivity contribution in [3.8, 4) is 5.75 Å². The Kier molecular flexibility index (Phi) is 9.39. The van der Waals surface area contributed by atoms with Crippen molar-refractivity contribution in [3.05, 3.63) is 41.5 Å². The second-order valence-corrected chi connectivity index (χ2v) is 8.76. The van der Waals surface area contributed by atoms with Crippen molar-refractivity contribution in [2.45, 2.75) is 63.4 Å². The number of benzene rings is 1. The van der Waals surface area contributed by atoms with Crippen molar-refractivity contribution < 1.29 is 29.7 Å². The van der Waals surface area contributed by atoms with Crippen LogP contribution in [-0.4, -0.2) is 70.4 Å². The monoisotopic (exact) mass is 462 g/mol. The average Bonchev–Trinajstić information content (AvgIpc) is 2.75. The lowest BCUT2D eigenvalue weighted by Gasteiger charge is -2.32. The number of aliphatic hydroxyl groups excluding tert-OH is 2. The highest BCUT2D eigenvalue weighted by Gasteiger charge is 2.35. The summed E-state index contributed by atoms with van der Waals surface area (Å²) >= 11 is 0. The van der Waals surface area contributed by atoms with Crippen LogP contribution in [0, 0.1) is 5.92 Å². The first-order chi connectivity index (χ1) is 15.5. The second-order valence-electron chi connectivity index (χ2n) is 8.76. The molecule has 0 saturated heterocycles. The van der Waals surface area contributed by atoms with E-state index in [9.17, 15) is 29.7 Å². The number of nitrogens with two attached hydrogens (primary N) is 1. The summed E-state index contributed by atoms with van der Waals surface area (Å²) in [6.07, 6.45) is -0.632. The molecule has 33 heavy (non-hydrogen) atoms. The Hall–Kier alpha value is -2.95. The number of amides is 3. The van der Waals surface area contributed by atoms with Crippen LogP contribution < -0.4 is 21.7 Å². The minimum Gasteiger partial charge on any atom is -0.508 e. The largest absolute Gasteiger partial charge is 0.508 e. The first-order valence-electron chi connectivity index (χ1n) is 10.9. The van der Waals surface area contributed by atoms with E-state index in [1.807, 2.05) is 13.8 Å². The minimum absolute atomic E-state index is 0.0697. The molecule has 0 radical (unpaired) electrons. The summed E-state index contributed by atoms with van der Waals surface area (Å²) in [5.74, 6) is -1.41. The van der Waals surface area contributed by atoms with Crippen LogP contribution in [0.15, 0.2) is 35.9 Å². The van der Waals surface area contributed by atoms with Gasteiger partial charge in [0.25, 0.3) is 0 Å². The number of carbonyl (C=O) groups is 3. The van der Waals surface area contributed by atoms with E-state index < -0.39 is 42.1 Å². The Balaban J connectivity index is 2.13. The number of phenolic OH excluding ortho intramolecular Hbond substituents is 1. The number of phenols is 1. The molecule has 10 heteroatoms. The van der Waals surface area contributed by atoms with Gasteiger partial charge in [-0.05, 0) is 37.1 Å². The van der Waals surface area contributed by atoms with E-state index in [0.29, 0.717) is 12.0 Å². The Morgan fingerprint density at radius 2 is 1.76 bits per heavy atom. The molecular formula is C23H34N4O6. The third-order valence-corrected chi connectivity index (χ3v) is 5.57. The predicted molar refractivity (Wildman–Crippen MR) is 122 cm³/mol. The number of hydrogen-bond donors (Lipinski definition) is 7. The summed E-state index contributed by atoms with van der Waals surface area (Å²) in [5, 5.41) is 38.2. The number of rotatable bonds is 10. The smallest absolute Gasteiger partial charge is 0.247 e. The number of carbonyl (C=O) groups excluding carboxylic acids is 3. The molecule has 5 unspecified atom stereocenters. The van der Waals surface area contributed by atoms with Gasteiger partial charge in [-0.1, -0.05) is 32.1 Å². The van der Waals surface area contributed by atoms with Gasteiger partial charge in [0.1, 0.15) is 17.9 Å². The lowest BCUT2D eigenvalue weighted by Crippen LogP contribution is -2.55. The van der Waals surface area contributed by atoms with Gasteiger partial charge in [-0.25, -0.2) is 0 Å². The van der Waals surface area contributed by atoms with Crippen LogP contribution in [0.4, 0.5) is 0 Å². The molecular weight excluding hydrogens is 428 g/mol. The van der Waals surface area contributed by atoms with Crippen LogP contribution >= 0.6 is 0 Å². The number of nitrogens with one attached hydrogen (secondary N) is 3. The van der Waals surface area contributed by atoms with Crippen molar-refractivity contribution in [3.63, 3.8) is 0 Å². The highest BCUT2D eigenvalue weighted by Crippen LogP contribution is 2.21. The van der Waals surface area contributed by atoms with E-state index in [4.69, 9.17) is 5.73 Å². The summed E-state index contributed by atoms with van der Waals surface area (Å²) in [7, 11) is 1.66. The molecule has 0 bridgehead atoms. The highest BCUT2D eigenvalue weighted by atomic mass is 16.3. The first-order valence-corrected chi connectivity index (χ1v) is 10.9. The lowest BCUT2D eigenvalue weighted by molar-refractivity contribution is -0.126. The van der Waals surface area contributed by atoms with E-state index in [1.54, 1.807) is 19.2 Å². The van der Waals surface area contributed by atoms with Crippen LogP contribution in [0.2, 0.25) is 0 Å². The first kappa shape index (κ1) is 26.3. The Labute approximate surface area is 193 Å². The average molecular weight is 463 g/mol. The predicted octanol–water partition coefficient (Wildman–Crippen LogP) is -0.924. The van der Waals surface area contributed by atoms with Gasteiger partial charge >= 0.3 is 0 Å². The van der Waals surface area contributed by atoms with Crippen LogP contribution in [-0.2, 0) is 20.8 Å². The SMILES string of the molecule is CNC(CC(C)C)C(=O)NC1C=C(C(=O)NC(Cc2ccc(O)cc2)C(N)=O)CC(O)C1O. The molecule has 2 rings (SSSR count). The maximum Gasteiger partial charge on any atom is 0.247 e. The van der Waals surface area contributed by atoms with E-state index in [2.05, 4.69) is 16.0 Å². The molecule has 5 atom stereocenters. The summed E-state index contributed by atoms with van der Waals surface area (Å²) in [6.45, 7) is 3.96. The van der Waals surface area contributed by atoms with Crippen molar-refractivity contribution in [1.82, 2.24) is 16.0 Å². The fraction of sp³-hybridized carbons (Fsp3) is 0.522. The van der Waals surface area contributed by atoms with E-state index >= 15 is 0 Å². The molecule has 0 spiro atoms. The Morgan fingerprint density at radius 1 is 1.12 bits per heavy atom. The van der Waals surface area contributed by atoms with Crippen LogP contribution in [0.3, 0.4) is 0 Å². The normalized spacial score (nSPS) is 22.2. The van der Waals surface area contributed by atoms with Crippen molar-refractivity contribution >= 4 is 17.7 Å². The number of hydrogen-bond acceptors (Lipinski definition) is 7. The second kappa shape index (κ2) is 11.8. The molecule has 1 aromatic rings. The fourth-order valence-corrected chi connectivity index (χ4v) is 3.70. The van der Waals surface area contributed by atoms with Gasteiger partial charge in [0.15, 0.2) is 0 Å². The molecule has 1 aromatic carbocycles. The fourth-order valence-electron chi connectivity index (χ4n) is 3.70. The topological polar surface area (TPSA) is 174 Å². The molecule has 1 aliphatic carbocycles. The molecule has 3 amide bonds. The van der Waals surface area contributed by atoms with E-state index in [1.165, 1.54) is 18.2 Å². The van der Waals surface area contributed by atoms with Gasteiger partial charge in [0.2, 0.25) is 17.7 Å². The molecule has 8 N–H and O–H groups in total. The molecule has 0 aromatic heterocycles. The molecule has 0 aliphatic heterocycles. The summed E-state index contributed by atoms with van der Waals surface area (Å²) in [6, 6.07) is 3.64. The van der Waals surface area contributed by atoms with E-state index in [-0.39, 0.29) is 36.0 Å². The zero-order valence-electron chi connectivity index (χ0n) is 19.1. The van der Waals surface area contributed by atoms with Gasteiger partial charge < -0.3 is 37.0 Å². The lowest BCUT2D eigenvalue weighted by atomic mass is 9.89. The number of aliphatic hydroxyl groups is 2. The molecule has 0 heterocycles. The minimum atomic E-state index is -1.29. The molecule has 182 valence electrons. The van der Waals surface area contributed by atoms with Crippen molar-refractivity contribution in [2.75, 3.05) is 7.05 Å². The Bertz CT molecular complexity index is 870. The van der Waals surface area contributed by atoms with Crippen LogP contribution in [0.5, 0.6) is 5.75 Å². The molecule has 1 aliphatic rings. The zero-order valence-corrected chi connectivity index (χ0v) is 19.1.